The molecule has 4 N–H and O–H groups in total. The predicted molar refractivity (Wildman–Crippen MR) is 227 cm³/mol. The molecule has 11 nitrogen and oxygen atoms in total. The van der Waals surface area contributed by atoms with Crippen LogP contribution in [0.1, 0.15) is 68.9 Å². The maximum absolute atomic E-state index is 13.6. The molecule has 1 aromatic heterocycles. The van der Waals surface area contributed by atoms with Crippen LogP contribution in [0, 0.1) is 0 Å². The van der Waals surface area contributed by atoms with Crippen molar-refractivity contribution >= 4 is 66.9 Å². The Morgan fingerprint density at radius 3 is 2.09 bits per heavy atom. The van der Waals surface area contributed by atoms with Gasteiger partial charge in [-0.15, -0.1) is 0 Å². The summed E-state index contributed by atoms with van der Waals surface area (Å²) >= 11 is 9.02. The van der Waals surface area contributed by atoms with Crippen LogP contribution < -0.4 is 15.0 Å². The molecular formula is C43H45AsCl2N4O7S. The molecule has 2 atom stereocenters. The Bertz CT molecular complexity index is 2300. The number of hydrogen-bond acceptors (Lipinski definition) is 8. The van der Waals surface area contributed by atoms with Gasteiger partial charge in [0, 0.05) is 35.8 Å². The third kappa shape index (κ3) is 12.5. The first-order valence-electron chi connectivity index (χ1n) is 18.5. The Morgan fingerprint density at radius 1 is 0.845 bits per heavy atom. The number of aliphatic hydroxyl groups is 2. The van der Waals surface area contributed by atoms with Crippen molar-refractivity contribution in [1.82, 2.24) is 20.5 Å². The Hall–Kier alpha value is -4.55. The Kier molecular flexibility index (Phi) is 15.7. The summed E-state index contributed by atoms with van der Waals surface area (Å²) in [6.07, 6.45) is 3.92. The standard InChI is InChI=1S/C23H24AsClN2O4S.C20H21ClN2O3/c1-23(2,16-28)27-22(29)18-5-3-6-19(13-18)24(14-17-8-10-20(25)11-9-17)32(30,31)21-7-4-12-26-15-21;21-17-8-6-14(7-9-17)12-22-19(25)15-3-1-4-16(11-15)20(26)23-10-2-5-18(24)13-23/h3-13,15,28H,14,16H2,1-2H3,(H,27,29);1,3-4,6-9,11,18,24H,2,5,10,12-13H2,(H,22,25). The van der Waals surface area contributed by atoms with Crippen molar-refractivity contribution in [3.8, 4) is 0 Å². The number of amides is 3. The van der Waals surface area contributed by atoms with Gasteiger partial charge in [0.15, 0.2) is 0 Å². The molecule has 2 heterocycles. The zero-order valence-corrected chi connectivity index (χ0v) is 36.2. The molecule has 2 unspecified atom stereocenters. The Labute approximate surface area is 352 Å². The molecule has 6 rings (SSSR count). The predicted octanol–water partition coefficient (Wildman–Crippen LogP) is 5.56. The summed E-state index contributed by atoms with van der Waals surface area (Å²) in [6, 6.07) is 30.9. The minimum atomic E-state index is -3.67. The summed E-state index contributed by atoms with van der Waals surface area (Å²) < 4.78 is 27.9. The summed E-state index contributed by atoms with van der Waals surface area (Å²) in [5.41, 5.74) is 2.24. The topological polar surface area (TPSA) is 166 Å². The van der Waals surface area contributed by atoms with Crippen LogP contribution in [0.3, 0.4) is 0 Å². The van der Waals surface area contributed by atoms with E-state index in [4.69, 9.17) is 23.2 Å². The number of carbonyl (C=O) groups excluding carboxylic acids is 3. The first kappa shape index (κ1) is 44.5. The van der Waals surface area contributed by atoms with E-state index in [1.54, 1.807) is 104 Å². The first-order chi connectivity index (χ1) is 27.6. The smallest absolute Gasteiger partial charge is 0.253 e. The van der Waals surface area contributed by atoms with E-state index in [1.807, 2.05) is 24.3 Å². The molecule has 0 radical (unpaired) electrons. The third-order valence-electron chi connectivity index (χ3n) is 9.13. The van der Waals surface area contributed by atoms with Crippen molar-refractivity contribution in [2.24, 2.45) is 0 Å². The van der Waals surface area contributed by atoms with Gasteiger partial charge in [-0.2, -0.15) is 0 Å². The number of nitrogens with one attached hydrogen (secondary N) is 2. The largest absolute Gasteiger partial charge is 0.391 e. The number of aromatic nitrogens is 1. The molecule has 0 bridgehead atoms. The summed E-state index contributed by atoms with van der Waals surface area (Å²) in [7, 11) is -3.67. The van der Waals surface area contributed by atoms with Gasteiger partial charge in [-0.1, -0.05) is 29.8 Å². The zero-order chi connectivity index (χ0) is 41.9. The van der Waals surface area contributed by atoms with Gasteiger partial charge in [0.1, 0.15) is 0 Å². The number of carbonyl (C=O) groups is 3. The minimum absolute atomic E-state index is 0.156. The molecule has 0 aliphatic carbocycles. The molecule has 1 saturated heterocycles. The third-order valence-corrected chi connectivity index (χ3v) is 21.0. The number of halogens is 2. The van der Waals surface area contributed by atoms with E-state index in [0.717, 1.165) is 24.0 Å². The van der Waals surface area contributed by atoms with Crippen molar-refractivity contribution in [2.45, 2.75) is 55.0 Å². The second-order valence-corrected chi connectivity index (χ2v) is 25.3. The van der Waals surface area contributed by atoms with E-state index in [0.29, 0.717) is 55.9 Å². The van der Waals surface area contributed by atoms with Crippen LogP contribution in [0.25, 0.3) is 0 Å². The molecule has 58 heavy (non-hydrogen) atoms. The van der Waals surface area contributed by atoms with Crippen molar-refractivity contribution < 1.29 is 33.0 Å². The SMILES string of the molecule is CC(C)(CO)NC(=O)c1cccc([As](Cc2ccc(Cl)cc2)S(=O)(=O)c2cccnc2)c1.O=C(NCc1ccc(Cl)cc1)c1cccc(C(=O)N2CCCC(O)C2)c1. The van der Waals surface area contributed by atoms with Gasteiger partial charge in [-0.05, 0) is 48.7 Å². The van der Waals surface area contributed by atoms with Crippen LogP contribution in [0.15, 0.2) is 126 Å². The van der Waals surface area contributed by atoms with Gasteiger partial charge in [0.2, 0.25) is 0 Å². The molecule has 4 aromatic carbocycles. The van der Waals surface area contributed by atoms with Crippen LogP contribution in [-0.2, 0) is 19.9 Å². The summed E-state index contributed by atoms with van der Waals surface area (Å²) in [5.74, 6) is -0.769. The van der Waals surface area contributed by atoms with E-state index in [2.05, 4.69) is 15.6 Å². The monoisotopic (exact) mass is 906 g/mol. The molecule has 1 fully saturated rings. The number of pyridine rings is 1. The number of nitrogens with zero attached hydrogens (tertiary/aromatic N) is 2. The van der Waals surface area contributed by atoms with E-state index in [-0.39, 0.29) is 29.2 Å². The maximum atomic E-state index is 13.6. The number of hydrogen-bond donors (Lipinski definition) is 4. The average molecular weight is 908 g/mol. The summed E-state index contributed by atoms with van der Waals surface area (Å²) in [4.78, 5) is 43.5. The molecule has 1 aliphatic rings. The number of benzene rings is 4. The van der Waals surface area contributed by atoms with Gasteiger partial charge in [0.05, 0.1) is 6.10 Å². The van der Waals surface area contributed by atoms with Crippen molar-refractivity contribution in [3.05, 3.63) is 159 Å². The number of β-amino-alcohol motifs (C(OH)–C–C–N with tert-alkyl or cyclic N) is 1. The molecule has 304 valence electrons. The quantitative estimate of drug-likeness (QED) is 0.118. The average Bonchev–Trinajstić information content (AvgIpc) is 3.23. The summed E-state index contributed by atoms with van der Waals surface area (Å²) in [6.45, 7) is 4.55. The van der Waals surface area contributed by atoms with Crippen molar-refractivity contribution in [1.29, 1.82) is 0 Å². The van der Waals surface area contributed by atoms with E-state index in [1.165, 1.54) is 12.4 Å². The fourth-order valence-electron chi connectivity index (χ4n) is 5.92. The fourth-order valence-corrected chi connectivity index (χ4v) is 16.4. The normalized spacial score (nSPS) is 14.7. The molecule has 5 aromatic rings. The fraction of sp³-hybridized carbons (Fsp3) is 0.256. The molecule has 3 amide bonds. The Balaban J connectivity index is 0.000000226. The van der Waals surface area contributed by atoms with Crippen LogP contribution in [0.5, 0.6) is 0 Å². The zero-order valence-electron chi connectivity index (χ0n) is 32.0. The molecule has 15 heteroatoms. The second kappa shape index (κ2) is 20.4. The minimum Gasteiger partial charge on any atom is -0.391 e. The summed E-state index contributed by atoms with van der Waals surface area (Å²) in [5, 5.41) is 26.4. The van der Waals surface area contributed by atoms with Crippen LogP contribution >= 0.6 is 23.2 Å². The van der Waals surface area contributed by atoms with E-state index >= 15 is 0 Å². The van der Waals surface area contributed by atoms with Crippen LogP contribution in [-0.4, -0.2) is 91.1 Å². The van der Waals surface area contributed by atoms with Gasteiger partial charge in [0.25, 0.3) is 11.8 Å². The van der Waals surface area contributed by atoms with E-state index in [9.17, 15) is 33.0 Å². The number of likely N-dealkylation sites (tertiary alicyclic amines) is 1. The Morgan fingerprint density at radius 2 is 1.47 bits per heavy atom. The molecular weight excluding hydrogens is 862 g/mol. The van der Waals surface area contributed by atoms with Crippen LogP contribution in [0.2, 0.25) is 10.0 Å². The first-order valence-corrected chi connectivity index (χ1v) is 25.2. The molecule has 0 spiro atoms. The van der Waals surface area contributed by atoms with Gasteiger partial charge < -0.3 is 15.3 Å². The van der Waals surface area contributed by atoms with Crippen molar-refractivity contribution in [2.75, 3.05) is 19.7 Å². The number of piperidine rings is 1. The number of rotatable bonds is 12. The van der Waals surface area contributed by atoms with E-state index < -0.39 is 33.2 Å². The van der Waals surface area contributed by atoms with Crippen molar-refractivity contribution in [3.63, 3.8) is 0 Å². The van der Waals surface area contributed by atoms with Gasteiger partial charge in [-0.3, -0.25) is 9.59 Å². The second-order valence-electron chi connectivity index (χ2n) is 14.3. The molecule has 1 aliphatic heterocycles. The molecule has 0 saturated carbocycles. The van der Waals surface area contributed by atoms with Gasteiger partial charge in [-0.25, -0.2) is 0 Å². The van der Waals surface area contributed by atoms with Gasteiger partial charge >= 0.3 is 197 Å². The number of aliphatic hydroxyl groups excluding tert-OH is 2. The van der Waals surface area contributed by atoms with Crippen LogP contribution in [0.4, 0.5) is 0 Å². The maximum Gasteiger partial charge on any atom is 0.253 e.